The summed E-state index contributed by atoms with van der Waals surface area (Å²) < 4.78 is 30.3. The summed E-state index contributed by atoms with van der Waals surface area (Å²) in [5.41, 5.74) is 0.209. The van der Waals surface area contributed by atoms with Gasteiger partial charge in [-0.25, -0.2) is 0 Å². The van der Waals surface area contributed by atoms with Crippen LogP contribution in [0.1, 0.15) is 67.2 Å². The minimum atomic E-state index is -2.71. The van der Waals surface area contributed by atoms with E-state index in [1.165, 1.54) is 0 Å². The number of hydrogen-bond acceptors (Lipinski definition) is 6. The largest absolute Gasteiger partial charge is 0.504 e. The average molecular weight is 423 g/mol. The highest BCUT2D eigenvalue weighted by Crippen LogP contribution is 2.33. The standard InChI is InChI=1S/C19H44NO5Si2/c1-8-18-26(21-10-3,22-11-4)20-17-15-16-19(9-2)27(23-12-5,24-13-6)25-14-7/h19-20H,2,8-18H2,1,3-7H3. The molecule has 0 saturated carbocycles. The summed E-state index contributed by atoms with van der Waals surface area (Å²) in [6.07, 6.45) is 3.74. The molecule has 163 valence electrons. The zero-order valence-corrected chi connectivity index (χ0v) is 20.6. The molecule has 0 aromatic carbocycles. The fourth-order valence-electron chi connectivity index (χ4n) is 3.38. The van der Waals surface area contributed by atoms with Crippen molar-refractivity contribution in [3.63, 3.8) is 0 Å². The van der Waals surface area contributed by atoms with Crippen LogP contribution in [0.4, 0.5) is 0 Å². The SMILES string of the molecule is [CH2]CC(CCCN[Si](CCC)(OCC)OCC)[Si](OCC)(OCC)OCC. The first-order valence-electron chi connectivity index (χ1n) is 10.8. The molecule has 0 aliphatic rings. The van der Waals surface area contributed by atoms with Gasteiger partial charge < -0.3 is 22.1 Å². The van der Waals surface area contributed by atoms with Gasteiger partial charge in [-0.1, -0.05) is 20.3 Å². The smallest absolute Gasteiger partial charge is 0.383 e. The molecule has 0 spiro atoms. The molecule has 0 heterocycles. The van der Waals surface area contributed by atoms with E-state index in [1.54, 1.807) is 0 Å². The molecule has 0 fully saturated rings. The zero-order chi connectivity index (χ0) is 20.6. The van der Waals surface area contributed by atoms with E-state index in [-0.39, 0.29) is 5.54 Å². The molecule has 27 heavy (non-hydrogen) atoms. The maximum atomic E-state index is 6.07. The molecule has 1 N–H and O–H groups in total. The Morgan fingerprint density at radius 3 is 1.63 bits per heavy atom. The molecule has 6 nitrogen and oxygen atoms in total. The van der Waals surface area contributed by atoms with Crippen LogP contribution in [0.5, 0.6) is 0 Å². The minimum absolute atomic E-state index is 0.209. The molecule has 0 aliphatic carbocycles. The molecular formula is C19H44NO5Si2. The molecule has 1 unspecified atom stereocenters. The Morgan fingerprint density at radius 1 is 0.778 bits per heavy atom. The Balaban J connectivity index is 4.90. The molecule has 0 rings (SSSR count). The van der Waals surface area contributed by atoms with Gasteiger partial charge in [-0.3, -0.25) is 4.98 Å². The molecule has 0 amide bonds. The van der Waals surface area contributed by atoms with Gasteiger partial charge >= 0.3 is 17.5 Å². The van der Waals surface area contributed by atoms with Crippen LogP contribution in [0.15, 0.2) is 0 Å². The van der Waals surface area contributed by atoms with E-state index < -0.39 is 17.5 Å². The Kier molecular flexibility index (Phi) is 16.2. The van der Waals surface area contributed by atoms with Gasteiger partial charge in [-0.2, -0.15) is 0 Å². The van der Waals surface area contributed by atoms with Crippen LogP contribution in [-0.4, -0.2) is 57.1 Å². The lowest BCUT2D eigenvalue weighted by molar-refractivity contribution is 0.0596. The van der Waals surface area contributed by atoms with Gasteiger partial charge in [-0.15, -0.1) is 0 Å². The highest BCUT2D eigenvalue weighted by Gasteiger charge is 2.47. The summed E-state index contributed by atoms with van der Waals surface area (Å²) in [7, 11) is -5.03. The normalized spacial score (nSPS) is 13.9. The maximum absolute atomic E-state index is 6.07. The molecule has 0 aromatic heterocycles. The van der Waals surface area contributed by atoms with Gasteiger partial charge in [0.15, 0.2) is 0 Å². The molecule has 0 aromatic rings. The van der Waals surface area contributed by atoms with Gasteiger partial charge in [0.2, 0.25) is 0 Å². The molecule has 0 saturated heterocycles. The molecule has 0 bridgehead atoms. The molecular weight excluding hydrogens is 378 g/mol. The van der Waals surface area contributed by atoms with Gasteiger partial charge in [0.05, 0.1) is 0 Å². The first kappa shape index (κ1) is 27.2. The lowest BCUT2D eigenvalue weighted by Gasteiger charge is -2.35. The molecule has 1 atom stereocenters. The minimum Gasteiger partial charge on any atom is -0.383 e. The van der Waals surface area contributed by atoms with E-state index >= 15 is 0 Å². The van der Waals surface area contributed by atoms with Crippen LogP contribution in [0.3, 0.4) is 0 Å². The van der Waals surface area contributed by atoms with Gasteiger partial charge in [0.1, 0.15) is 0 Å². The highest BCUT2D eigenvalue weighted by molar-refractivity contribution is 6.64. The van der Waals surface area contributed by atoms with Crippen molar-refractivity contribution in [3.8, 4) is 0 Å². The lowest BCUT2D eigenvalue weighted by atomic mass is 10.2. The Bertz CT molecular complexity index is 316. The third-order valence-corrected chi connectivity index (χ3v) is 11.5. The van der Waals surface area contributed by atoms with E-state index in [0.29, 0.717) is 33.0 Å². The van der Waals surface area contributed by atoms with E-state index in [1.807, 2.05) is 34.6 Å². The van der Waals surface area contributed by atoms with Crippen molar-refractivity contribution in [2.75, 3.05) is 39.6 Å². The number of hydrogen-bond donors (Lipinski definition) is 1. The van der Waals surface area contributed by atoms with E-state index in [4.69, 9.17) is 22.1 Å². The number of nitrogens with one attached hydrogen (secondary N) is 1. The molecule has 0 aliphatic heterocycles. The summed E-state index contributed by atoms with van der Waals surface area (Å²) in [6, 6.07) is 0.961. The van der Waals surface area contributed by atoms with Crippen molar-refractivity contribution in [2.45, 2.75) is 78.8 Å². The van der Waals surface area contributed by atoms with Crippen molar-refractivity contribution >= 4 is 17.5 Å². The first-order valence-corrected chi connectivity index (χ1v) is 14.6. The third-order valence-electron chi connectivity index (χ3n) is 4.34. The third kappa shape index (κ3) is 9.49. The monoisotopic (exact) mass is 422 g/mol. The Morgan fingerprint density at radius 2 is 1.26 bits per heavy atom. The van der Waals surface area contributed by atoms with Crippen LogP contribution in [0, 0.1) is 6.92 Å². The molecule has 1 radical (unpaired) electrons. The van der Waals surface area contributed by atoms with Crippen molar-refractivity contribution < 1.29 is 22.1 Å². The first-order chi connectivity index (χ1) is 13.0. The molecule has 8 heteroatoms. The topological polar surface area (TPSA) is 58.2 Å². The van der Waals surface area contributed by atoms with E-state index in [0.717, 1.165) is 38.3 Å². The second-order valence-corrected chi connectivity index (χ2v) is 12.2. The Hall–Kier alpha value is 0.194. The quantitative estimate of drug-likeness (QED) is 0.246. The zero-order valence-electron chi connectivity index (χ0n) is 18.6. The second-order valence-electron chi connectivity index (χ2n) is 6.33. The van der Waals surface area contributed by atoms with Crippen LogP contribution >= 0.6 is 0 Å². The fourth-order valence-corrected chi connectivity index (χ4v) is 9.36. The average Bonchev–Trinajstić information content (AvgIpc) is 2.63. The maximum Gasteiger partial charge on any atom is 0.504 e. The van der Waals surface area contributed by atoms with Crippen LogP contribution in [0.25, 0.3) is 0 Å². The predicted molar refractivity (Wildman–Crippen MR) is 116 cm³/mol. The van der Waals surface area contributed by atoms with Crippen molar-refractivity contribution in [1.29, 1.82) is 0 Å². The number of rotatable bonds is 19. The summed E-state index contributed by atoms with van der Waals surface area (Å²) in [5.74, 6) is 0. The lowest BCUT2D eigenvalue weighted by Crippen LogP contribution is -2.56. The fraction of sp³-hybridized carbons (Fsp3) is 0.947. The van der Waals surface area contributed by atoms with Crippen LogP contribution < -0.4 is 4.98 Å². The highest BCUT2D eigenvalue weighted by atomic mass is 28.4. The van der Waals surface area contributed by atoms with Crippen molar-refractivity contribution in [1.82, 2.24) is 4.98 Å². The van der Waals surface area contributed by atoms with E-state index in [2.05, 4.69) is 18.8 Å². The van der Waals surface area contributed by atoms with Gasteiger partial charge in [0, 0.05) is 44.6 Å². The predicted octanol–water partition coefficient (Wildman–Crippen LogP) is 4.42. The van der Waals surface area contributed by atoms with Crippen molar-refractivity contribution in [3.05, 3.63) is 6.92 Å². The van der Waals surface area contributed by atoms with Crippen LogP contribution in [-0.2, 0) is 22.1 Å². The van der Waals surface area contributed by atoms with Crippen LogP contribution in [0.2, 0.25) is 11.6 Å². The second kappa shape index (κ2) is 16.0. The van der Waals surface area contributed by atoms with Gasteiger partial charge in [-0.05, 0) is 60.4 Å². The summed E-state index contributed by atoms with van der Waals surface area (Å²) in [4.78, 5) is 3.63. The summed E-state index contributed by atoms with van der Waals surface area (Å²) in [5, 5.41) is 0. The summed E-state index contributed by atoms with van der Waals surface area (Å²) >= 11 is 0. The van der Waals surface area contributed by atoms with Crippen molar-refractivity contribution in [2.24, 2.45) is 0 Å². The summed E-state index contributed by atoms with van der Waals surface area (Å²) in [6.45, 7) is 20.4. The Labute approximate surface area is 170 Å². The van der Waals surface area contributed by atoms with E-state index in [9.17, 15) is 0 Å². The van der Waals surface area contributed by atoms with Gasteiger partial charge in [0.25, 0.3) is 0 Å².